The maximum Gasteiger partial charge on any atom is 0.233 e. The number of aromatic nitrogens is 5. The molecular weight excluding hydrogens is 276 g/mol. The van der Waals surface area contributed by atoms with E-state index in [2.05, 4.69) is 20.3 Å². The van der Waals surface area contributed by atoms with E-state index in [1.54, 1.807) is 24.7 Å². The highest BCUT2D eigenvalue weighted by molar-refractivity contribution is 7.99. The van der Waals surface area contributed by atoms with E-state index in [9.17, 15) is 4.79 Å². The monoisotopic (exact) mass is 290 g/mol. The Morgan fingerprint density at radius 2 is 2.20 bits per heavy atom. The van der Waals surface area contributed by atoms with Gasteiger partial charge in [0.25, 0.3) is 0 Å². The fourth-order valence-corrected chi connectivity index (χ4v) is 2.88. The molecule has 8 heteroatoms. The van der Waals surface area contributed by atoms with Crippen LogP contribution in [0.4, 0.5) is 0 Å². The van der Waals surface area contributed by atoms with E-state index in [1.807, 2.05) is 15.8 Å². The third-order valence-corrected chi connectivity index (χ3v) is 4.06. The van der Waals surface area contributed by atoms with Gasteiger partial charge in [0, 0.05) is 31.7 Å². The number of thioether (sulfide) groups is 1. The lowest BCUT2D eigenvalue weighted by molar-refractivity contribution is -0.127. The number of hydrogen-bond donors (Lipinski definition) is 0. The van der Waals surface area contributed by atoms with Gasteiger partial charge in [-0.05, 0) is 12.5 Å². The first-order valence-electron chi connectivity index (χ1n) is 6.36. The van der Waals surface area contributed by atoms with Gasteiger partial charge in [0.1, 0.15) is 0 Å². The third-order valence-electron chi connectivity index (χ3n) is 3.20. The maximum absolute atomic E-state index is 12.1. The number of rotatable bonds is 4. The van der Waals surface area contributed by atoms with Crippen LogP contribution >= 0.6 is 11.8 Å². The first kappa shape index (κ1) is 13.0. The highest BCUT2D eigenvalue weighted by Gasteiger charge is 2.27. The van der Waals surface area contributed by atoms with E-state index in [1.165, 1.54) is 11.8 Å². The molecule has 2 aromatic heterocycles. The van der Waals surface area contributed by atoms with Crippen molar-refractivity contribution < 1.29 is 4.79 Å². The molecule has 3 heterocycles. The van der Waals surface area contributed by atoms with Crippen LogP contribution in [0.15, 0.2) is 36.0 Å². The fraction of sp³-hybridized carbons (Fsp3) is 0.417. The van der Waals surface area contributed by atoms with Gasteiger partial charge in [0.15, 0.2) is 5.16 Å². The summed E-state index contributed by atoms with van der Waals surface area (Å²) in [4.78, 5) is 22.2. The molecule has 1 aliphatic heterocycles. The molecule has 0 aromatic carbocycles. The van der Waals surface area contributed by atoms with Crippen LogP contribution in [0.1, 0.15) is 12.5 Å². The second kappa shape index (κ2) is 6.00. The number of carbonyl (C=O) groups excluding carboxylic acids is 1. The molecule has 1 fully saturated rings. The minimum atomic E-state index is 0.116. The smallest absolute Gasteiger partial charge is 0.233 e. The van der Waals surface area contributed by atoms with E-state index >= 15 is 0 Å². The maximum atomic E-state index is 12.1. The largest absolute Gasteiger partial charge is 0.340 e. The summed E-state index contributed by atoms with van der Waals surface area (Å²) in [7, 11) is 0. The summed E-state index contributed by atoms with van der Waals surface area (Å²) in [6, 6.07) is 1.99. The molecule has 1 amide bonds. The van der Waals surface area contributed by atoms with Crippen molar-refractivity contribution in [3.63, 3.8) is 0 Å². The molecule has 7 nitrogen and oxygen atoms in total. The Hall–Kier alpha value is -1.96. The Kier molecular flexibility index (Phi) is 3.91. The molecule has 1 aliphatic rings. The van der Waals surface area contributed by atoms with Crippen molar-refractivity contribution >= 4 is 17.7 Å². The van der Waals surface area contributed by atoms with Crippen LogP contribution in [0.5, 0.6) is 0 Å². The van der Waals surface area contributed by atoms with Crippen LogP contribution in [0.25, 0.3) is 0 Å². The number of hydrogen-bond acceptors (Lipinski definition) is 6. The fourth-order valence-electron chi connectivity index (χ4n) is 2.17. The van der Waals surface area contributed by atoms with E-state index in [0.29, 0.717) is 17.5 Å². The average Bonchev–Trinajstić information content (AvgIpc) is 3.16. The predicted octanol–water partition coefficient (Wildman–Crippen LogP) is 0.634. The van der Waals surface area contributed by atoms with E-state index in [-0.39, 0.29) is 11.9 Å². The van der Waals surface area contributed by atoms with Gasteiger partial charge < -0.3 is 4.90 Å². The van der Waals surface area contributed by atoms with Crippen molar-refractivity contribution in [2.45, 2.75) is 17.6 Å². The van der Waals surface area contributed by atoms with Crippen LogP contribution in [0.2, 0.25) is 0 Å². The summed E-state index contributed by atoms with van der Waals surface area (Å²) in [5.41, 5.74) is 0. The molecule has 104 valence electrons. The summed E-state index contributed by atoms with van der Waals surface area (Å²) in [5.74, 6) is 0.485. The van der Waals surface area contributed by atoms with Gasteiger partial charge in [0.2, 0.25) is 5.91 Å². The summed E-state index contributed by atoms with van der Waals surface area (Å²) in [6.45, 7) is 1.46. The predicted molar refractivity (Wildman–Crippen MR) is 73.0 cm³/mol. The lowest BCUT2D eigenvalue weighted by Gasteiger charge is -2.15. The Morgan fingerprint density at radius 1 is 1.35 bits per heavy atom. The Labute approximate surface area is 120 Å². The normalized spacial score (nSPS) is 18.4. The zero-order valence-electron chi connectivity index (χ0n) is 10.8. The Morgan fingerprint density at radius 3 is 2.95 bits per heavy atom. The molecule has 0 bridgehead atoms. The SMILES string of the molecule is O=C(CSc1ncccn1)N1CCC(n2ccnn2)C1. The summed E-state index contributed by atoms with van der Waals surface area (Å²) < 4.78 is 1.82. The average molecular weight is 290 g/mol. The molecule has 0 saturated carbocycles. The summed E-state index contributed by atoms with van der Waals surface area (Å²) in [5, 5.41) is 8.42. The highest BCUT2D eigenvalue weighted by Crippen LogP contribution is 2.21. The second-order valence-corrected chi connectivity index (χ2v) is 5.43. The van der Waals surface area contributed by atoms with Crippen molar-refractivity contribution in [2.24, 2.45) is 0 Å². The van der Waals surface area contributed by atoms with Crippen LogP contribution < -0.4 is 0 Å². The molecule has 0 radical (unpaired) electrons. The van der Waals surface area contributed by atoms with Gasteiger partial charge in [0.05, 0.1) is 18.0 Å². The molecular formula is C12H14N6OS. The van der Waals surface area contributed by atoms with Gasteiger partial charge >= 0.3 is 0 Å². The topological polar surface area (TPSA) is 76.8 Å². The lowest BCUT2D eigenvalue weighted by Crippen LogP contribution is -2.30. The van der Waals surface area contributed by atoms with E-state index in [0.717, 1.165) is 13.0 Å². The Balaban J connectivity index is 1.51. The number of amides is 1. The van der Waals surface area contributed by atoms with Crippen molar-refractivity contribution in [3.8, 4) is 0 Å². The van der Waals surface area contributed by atoms with Gasteiger partial charge in [-0.1, -0.05) is 17.0 Å². The van der Waals surface area contributed by atoms with Crippen molar-refractivity contribution in [1.29, 1.82) is 0 Å². The van der Waals surface area contributed by atoms with E-state index in [4.69, 9.17) is 0 Å². The minimum absolute atomic E-state index is 0.116. The van der Waals surface area contributed by atoms with Crippen molar-refractivity contribution in [3.05, 3.63) is 30.9 Å². The van der Waals surface area contributed by atoms with Gasteiger partial charge in [-0.15, -0.1) is 5.10 Å². The first-order valence-corrected chi connectivity index (χ1v) is 7.35. The van der Waals surface area contributed by atoms with Crippen molar-refractivity contribution in [2.75, 3.05) is 18.8 Å². The van der Waals surface area contributed by atoms with Crippen LogP contribution in [0, 0.1) is 0 Å². The second-order valence-electron chi connectivity index (χ2n) is 4.49. The summed E-state index contributed by atoms with van der Waals surface area (Å²) >= 11 is 1.37. The minimum Gasteiger partial charge on any atom is -0.340 e. The van der Waals surface area contributed by atoms with Crippen molar-refractivity contribution in [1.82, 2.24) is 29.9 Å². The third kappa shape index (κ3) is 2.96. The first-order chi connectivity index (χ1) is 9.83. The number of carbonyl (C=O) groups is 1. The number of nitrogens with zero attached hydrogens (tertiary/aromatic N) is 6. The molecule has 2 aromatic rings. The van der Waals surface area contributed by atoms with Crippen LogP contribution in [-0.4, -0.2) is 54.6 Å². The summed E-state index contributed by atoms with van der Waals surface area (Å²) in [6.07, 6.45) is 7.77. The van der Waals surface area contributed by atoms with Crippen LogP contribution in [0.3, 0.4) is 0 Å². The van der Waals surface area contributed by atoms with Gasteiger partial charge in [-0.3, -0.25) is 4.79 Å². The zero-order chi connectivity index (χ0) is 13.8. The molecule has 3 rings (SSSR count). The highest BCUT2D eigenvalue weighted by atomic mass is 32.2. The molecule has 1 saturated heterocycles. The zero-order valence-corrected chi connectivity index (χ0v) is 11.6. The number of likely N-dealkylation sites (tertiary alicyclic amines) is 1. The molecule has 20 heavy (non-hydrogen) atoms. The molecule has 0 spiro atoms. The standard InChI is InChI=1S/C12H14N6OS/c19-11(9-20-12-13-3-1-4-14-12)17-6-2-10(8-17)18-7-5-15-16-18/h1,3-5,7,10H,2,6,8-9H2. The quantitative estimate of drug-likeness (QED) is 0.607. The van der Waals surface area contributed by atoms with Crippen LogP contribution in [-0.2, 0) is 4.79 Å². The molecule has 0 N–H and O–H groups in total. The molecule has 1 unspecified atom stereocenters. The molecule has 0 aliphatic carbocycles. The molecule has 1 atom stereocenters. The Bertz CT molecular complexity index is 561. The lowest BCUT2D eigenvalue weighted by atomic mass is 10.3. The van der Waals surface area contributed by atoms with Gasteiger partial charge in [-0.2, -0.15) is 0 Å². The van der Waals surface area contributed by atoms with Gasteiger partial charge in [-0.25, -0.2) is 14.6 Å². The van der Waals surface area contributed by atoms with E-state index < -0.39 is 0 Å².